The second-order valence-electron chi connectivity index (χ2n) is 5.80. The molecule has 0 aliphatic carbocycles. The van der Waals surface area contributed by atoms with Gasteiger partial charge in [0.05, 0.1) is 12.0 Å². The van der Waals surface area contributed by atoms with Gasteiger partial charge in [-0.2, -0.15) is 0 Å². The summed E-state index contributed by atoms with van der Waals surface area (Å²) in [5.74, 6) is 0.672. The number of hydrogen-bond donors (Lipinski definition) is 2. The molecule has 9 heteroatoms. The van der Waals surface area contributed by atoms with Gasteiger partial charge in [0.1, 0.15) is 5.75 Å². The summed E-state index contributed by atoms with van der Waals surface area (Å²) in [5.41, 5.74) is 0. The van der Waals surface area contributed by atoms with E-state index in [9.17, 15) is 8.42 Å². The largest absolute Gasteiger partial charge is 0.496 e. The fourth-order valence-corrected chi connectivity index (χ4v) is 4.24. The molecule has 0 unspecified atom stereocenters. The Hall–Kier alpha value is -1.09. The van der Waals surface area contributed by atoms with Crippen LogP contribution in [0.3, 0.4) is 0 Å². The van der Waals surface area contributed by atoms with Crippen LogP contribution < -0.4 is 14.8 Å². The van der Waals surface area contributed by atoms with Gasteiger partial charge >= 0.3 is 0 Å². The first-order valence-corrected chi connectivity index (χ1v) is 9.58. The van der Waals surface area contributed by atoms with Gasteiger partial charge in [-0.05, 0) is 12.1 Å². The molecular weight excluding hydrogens is 397 g/mol. The maximum absolute atomic E-state index is 12.7. The summed E-state index contributed by atoms with van der Waals surface area (Å²) in [6.45, 7) is 4.93. The smallest absolute Gasteiger partial charge is 0.241 e. The van der Waals surface area contributed by atoms with E-state index in [2.05, 4.69) is 14.9 Å². The van der Waals surface area contributed by atoms with Crippen LogP contribution in [0.15, 0.2) is 41.3 Å². The molecule has 0 saturated carbocycles. The average molecular weight is 422 g/mol. The molecule has 1 heterocycles. The molecule has 146 valence electrons. The summed E-state index contributed by atoms with van der Waals surface area (Å²) < 4.78 is 33.5. The van der Waals surface area contributed by atoms with Crippen molar-refractivity contribution in [3.8, 4) is 5.75 Å². The lowest BCUT2D eigenvalue weighted by Crippen LogP contribution is -2.46. The first-order chi connectivity index (χ1) is 11.6. The van der Waals surface area contributed by atoms with Crippen molar-refractivity contribution in [2.75, 3.05) is 46.4 Å². The number of benzene rings is 2. The van der Waals surface area contributed by atoms with Gasteiger partial charge in [-0.3, -0.25) is 4.90 Å². The molecule has 2 N–H and O–H groups in total. The minimum absolute atomic E-state index is 0. The molecule has 0 aromatic heterocycles. The van der Waals surface area contributed by atoms with Crippen LogP contribution >= 0.6 is 24.8 Å². The number of fused-ring (bicyclic) bond motifs is 1. The zero-order valence-electron chi connectivity index (χ0n) is 14.6. The third kappa shape index (κ3) is 5.22. The van der Waals surface area contributed by atoms with Crippen LogP contribution in [0.5, 0.6) is 5.75 Å². The van der Waals surface area contributed by atoms with Crippen LogP contribution in [0.2, 0.25) is 0 Å². The molecule has 2 aromatic rings. The summed E-state index contributed by atoms with van der Waals surface area (Å²) in [6, 6.07) is 10.7. The Morgan fingerprint density at radius 3 is 2.38 bits per heavy atom. The van der Waals surface area contributed by atoms with E-state index in [4.69, 9.17) is 4.74 Å². The molecule has 0 amide bonds. The maximum atomic E-state index is 12.7. The highest BCUT2D eigenvalue weighted by Gasteiger charge is 2.19. The van der Waals surface area contributed by atoms with Gasteiger partial charge in [-0.1, -0.05) is 24.3 Å². The fourth-order valence-electron chi connectivity index (χ4n) is 3.01. The number of nitrogens with zero attached hydrogens (tertiary/aromatic N) is 1. The van der Waals surface area contributed by atoms with Crippen molar-refractivity contribution >= 4 is 45.6 Å². The van der Waals surface area contributed by atoms with Gasteiger partial charge in [0.25, 0.3) is 0 Å². The first kappa shape index (κ1) is 23.0. The average Bonchev–Trinajstić information content (AvgIpc) is 2.61. The number of ether oxygens (including phenoxy) is 1. The Morgan fingerprint density at radius 1 is 1.08 bits per heavy atom. The number of halogens is 2. The molecule has 0 spiro atoms. The van der Waals surface area contributed by atoms with Crippen molar-refractivity contribution in [1.29, 1.82) is 0 Å². The van der Waals surface area contributed by atoms with Crippen LogP contribution in [0.25, 0.3) is 10.8 Å². The highest BCUT2D eigenvalue weighted by atomic mass is 35.5. The van der Waals surface area contributed by atoms with Crippen LogP contribution in [0, 0.1) is 0 Å². The molecule has 1 aliphatic rings. The maximum Gasteiger partial charge on any atom is 0.241 e. The van der Waals surface area contributed by atoms with Gasteiger partial charge in [0.15, 0.2) is 0 Å². The number of hydrogen-bond acceptors (Lipinski definition) is 5. The predicted octanol–water partition coefficient (Wildman–Crippen LogP) is 1.88. The first-order valence-electron chi connectivity index (χ1n) is 8.10. The lowest BCUT2D eigenvalue weighted by atomic mass is 10.1. The van der Waals surface area contributed by atoms with Crippen LogP contribution in [0.4, 0.5) is 0 Å². The molecule has 6 nitrogen and oxygen atoms in total. The van der Waals surface area contributed by atoms with E-state index >= 15 is 0 Å². The van der Waals surface area contributed by atoms with Gasteiger partial charge in [-0.15, -0.1) is 24.8 Å². The van der Waals surface area contributed by atoms with Gasteiger partial charge in [-0.25, -0.2) is 13.1 Å². The number of sulfonamides is 1. The lowest BCUT2D eigenvalue weighted by Gasteiger charge is -2.27. The highest BCUT2D eigenvalue weighted by molar-refractivity contribution is 7.89. The van der Waals surface area contributed by atoms with E-state index in [1.54, 1.807) is 19.2 Å². The highest BCUT2D eigenvalue weighted by Crippen LogP contribution is 2.30. The van der Waals surface area contributed by atoms with E-state index in [-0.39, 0.29) is 24.8 Å². The second kappa shape index (κ2) is 10.3. The van der Waals surface area contributed by atoms with E-state index < -0.39 is 10.0 Å². The summed E-state index contributed by atoms with van der Waals surface area (Å²) >= 11 is 0. The third-order valence-corrected chi connectivity index (χ3v) is 5.80. The van der Waals surface area contributed by atoms with Gasteiger partial charge in [0.2, 0.25) is 10.0 Å². The molecule has 1 aliphatic heterocycles. The fraction of sp³-hybridized carbons (Fsp3) is 0.412. The zero-order chi connectivity index (χ0) is 17.0. The molecule has 0 bridgehead atoms. The molecule has 0 atom stereocenters. The number of piperazine rings is 1. The van der Waals surface area contributed by atoms with Crippen molar-refractivity contribution in [1.82, 2.24) is 14.9 Å². The Kier molecular flexibility index (Phi) is 9.09. The normalized spacial score (nSPS) is 15.1. The van der Waals surface area contributed by atoms with E-state index in [1.165, 1.54) is 0 Å². The second-order valence-corrected chi connectivity index (χ2v) is 7.54. The zero-order valence-corrected chi connectivity index (χ0v) is 17.1. The van der Waals surface area contributed by atoms with E-state index in [1.807, 2.05) is 24.3 Å². The molecule has 1 saturated heterocycles. The SMILES string of the molecule is COc1ccc(S(=O)(=O)NCCN2CCNCC2)c2ccccc12.Cl.Cl. The Morgan fingerprint density at radius 2 is 1.73 bits per heavy atom. The predicted molar refractivity (Wildman–Crippen MR) is 109 cm³/mol. The Labute approximate surface area is 167 Å². The molecule has 3 rings (SSSR count). The molecule has 0 radical (unpaired) electrons. The van der Waals surface area contributed by atoms with Crippen molar-refractivity contribution in [2.24, 2.45) is 0 Å². The number of rotatable bonds is 6. The summed E-state index contributed by atoms with van der Waals surface area (Å²) in [6.07, 6.45) is 0. The topological polar surface area (TPSA) is 70.7 Å². The summed E-state index contributed by atoms with van der Waals surface area (Å²) in [5, 5.41) is 4.75. The summed E-state index contributed by atoms with van der Waals surface area (Å²) in [7, 11) is -1.98. The minimum Gasteiger partial charge on any atom is -0.496 e. The van der Waals surface area contributed by atoms with Crippen molar-refractivity contribution in [3.63, 3.8) is 0 Å². The van der Waals surface area contributed by atoms with Crippen molar-refractivity contribution < 1.29 is 13.2 Å². The van der Waals surface area contributed by atoms with Crippen molar-refractivity contribution in [2.45, 2.75) is 4.90 Å². The minimum atomic E-state index is -3.56. The number of nitrogens with one attached hydrogen (secondary N) is 2. The van der Waals surface area contributed by atoms with E-state index in [0.717, 1.165) is 38.1 Å². The van der Waals surface area contributed by atoms with Crippen LogP contribution in [-0.2, 0) is 10.0 Å². The van der Waals surface area contributed by atoms with Gasteiger partial charge < -0.3 is 10.1 Å². The van der Waals surface area contributed by atoms with Gasteiger partial charge in [0, 0.05) is 50.0 Å². The number of methoxy groups -OCH3 is 1. The third-order valence-electron chi connectivity index (χ3n) is 4.28. The molecule has 1 fully saturated rings. The Bertz CT molecular complexity index is 812. The monoisotopic (exact) mass is 421 g/mol. The summed E-state index contributed by atoms with van der Waals surface area (Å²) in [4.78, 5) is 2.55. The Balaban J connectivity index is 0.00000169. The molecule has 2 aromatic carbocycles. The van der Waals surface area contributed by atoms with E-state index in [0.29, 0.717) is 22.6 Å². The van der Waals surface area contributed by atoms with Crippen LogP contribution in [0.1, 0.15) is 0 Å². The van der Waals surface area contributed by atoms with Crippen LogP contribution in [-0.4, -0.2) is 59.7 Å². The van der Waals surface area contributed by atoms with Crippen molar-refractivity contribution in [3.05, 3.63) is 36.4 Å². The molecule has 26 heavy (non-hydrogen) atoms. The quantitative estimate of drug-likeness (QED) is 0.744. The standard InChI is InChI=1S/C17H23N3O3S.2ClH/c1-23-16-6-7-17(15-5-3-2-4-14(15)16)24(21,22)19-10-13-20-11-8-18-9-12-20;;/h2-7,18-19H,8-13H2,1H3;2*1H. The molecular formula is C17H25Cl2N3O3S. The lowest BCUT2D eigenvalue weighted by molar-refractivity contribution is 0.245.